The number of esters is 4. The second kappa shape index (κ2) is 24.8. The standard InChI is InChI=1S/C9H16O4.2C9H18O3.C8H15NO4/c1-6(5-7(10)11)8(12)13-9(2,3)4;2*1-7(5-6-10)8(11)12-9(2,3)4;1-8(2,3)13-7(12)5(9)4-6(10)11/h6H,5H2,1-4H3,(H,10,11);2*7,10H,5-6H2,1-4H3;5H,4,9H2,1-3H3,(H,10,11). The van der Waals surface area contributed by atoms with Crippen molar-refractivity contribution in [3.63, 3.8) is 0 Å². The van der Waals surface area contributed by atoms with Crippen molar-refractivity contribution in [2.75, 3.05) is 13.2 Å². The zero-order valence-electron chi connectivity index (χ0n) is 33.0. The molecule has 6 N–H and O–H groups in total. The Balaban J connectivity index is -0.000000282. The van der Waals surface area contributed by atoms with Gasteiger partial charge in [0.25, 0.3) is 0 Å². The van der Waals surface area contributed by atoms with E-state index < -0.39 is 64.7 Å². The summed E-state index contributed by atoms with van der Waals surface area (Å²) in [6, 6.07) is -1.09. The molecule has 0 bridgehead atoms. The molecular formula is C35H67NO14. The van der Waals surface area contributed by atoms with Crippen molar-refractivity contribution in [2.24, 2.45) is 23.5 Å². The van der Waals surface area contributed by atoms with Crippen molar-refractivity contribution >= 4 is 35.8 Å². The van der Waals surface area contributed by atoms with Crippen molar-refractivity contribution in [3.05, 3.63) is 0 Å². The van der Waals surface area contributed by atoms with Gasteiger partial charge in [-0.15, -0.1) is 0 Å². The maximum Gasteiger partial charge on any atom is 0.324 e. The van der Waals surface area contributed by atoms with Gasteiger partial charge in [0, 0.05) is 13.2 Å². The van der Waals surface area contributed by atoms with Crippen molar-refractivity contribution in [2.45, 2.75) is 158 Å². The number of hydrogen-bond acceptors (Lipinski definition) is 13. The zero-order chi connectivity index (χ0) is 40.8. The molecule has 0 aliphatic rings. The number of nitrogens with two attached hydrogens (primary N) is 1. The van der Waals surface area contributed by atoms with E-state index >= 15 is 0 Å². The molecule has 0 amide bonds. The van der Waals surface area contributed by atoms with Crippen LogP contribution in [0.25, 0.3) is 0 Å². The first-order valence-electron chi connectivity index (χ1n) is 16.5. The second-order valence-electron chi connectivity index (χ2n) is 15.7. The lowest BCUT2D eigenvalue weighted by molar-refractivity contribution is -0.162. The Morgan fingerprint density at radius 2 is 0.720 bits per heavy atom. The first-order valence-corrected chi connectivity index (χ1v) is 16.5. The van der Waals surface area contributed by atoms with Crippen LogP contribution in [0.5, 0.6) is 0 Å². The first-order chi connectivity index (χ1) is 22.2. The lowest BCUT2D eigenvalue weighted by atomic mass is 10.1. The third-order valence-electron chi connectivity index (χ3n) is 5.14. The highest BCUT2D eigenvalue weighted by atomic mass is 16.6. The SMILES string of the molecule is CC(C)(C)OC(=O)C(N)CC(=O)O.CC(CC(=O)O)C(=O)OC(C)(C)C.CC(CCO)C(=O)OC(C)(C)C.CC(CCO)C(=O)OC(C)(C)C. The fourth-order valence-corrected chi connectivity index (χ4v) is 2.82. The minimum atomic E-state index is -1.11. The molecule has 0 saturated carbocycles. The molecule has 296 valence electrons. The summed E-state index contributed by atoms with van der Waals surface area (Å²) in [5.41, 5.74) is 3.23. The molecule has 0 aliphatic heterocycles. The molecule has 0 aliphatic carbocycles. The summed E-state index contributed by atoms with van der Waals surface area (Å²) in [6.07, 6.45) is 0.341. The lowest BCUT2D eigenvalue weighted by Gasteiger charge is -2.21. The fourth-order valence-electron chi connectivity index (χ4n) is 2.82. The average Bonchev–Trinajstić information content (AvgIpc) is 2.85. The van der Waals surface area contributed by atoms with E-state index in [-0.39, 0.29) is 43.4 Å². The minimum absolute atomic E-state index is 0.0282. The molecule has 0 radical (unpaired) electrons. The molecule has 15 nitrogen and oxygen atoms in total. The van der Waals surface area contributed by atoms with E-state index in [9.17, 15) is 28.8 Å². The van der Waals surface area contributed by atoms with Crippen LogP contribution in [0, 0.1) is 17.8 Å². The Morgan fingerprint density at radius 1 is 0.480 bits per heavy atom. The van der Waals surface area contributed by atoms with E-state index in [1.54, 1.807) is 62.3 Å². The van der Waals surface area contributed by atoms with Gasteiger partial charge in [0.2, 0.25) is 0 Å². The van der Waals surface area contributed by atoms with E-state index in [4.69, 9.17) is 45.1 Å². The highest BCUT2D eigenvalue weighted by Crippen LogP contribution is 2.15. The van der Waals surface area contributed by atoms with Crippen molar-refractivity contribution in [1.29, 1.82) is 0 Å². The van der Waals surface area contributed by atoms with Gasteiger partial charge in [-0.05, 0) is 95.9 Å². The van der Waals surface area contributed by atoms with Crippen molar-refractivity contribution in [3.8, 4) is 0 Å². The van der Waals surface area contributed by atoms with Gasteiger partial charge in [0.15, 0.2) is 0 Å². The first kappa shape index (κ1) is 53.5. The number of carboxylic acids is 2. The summed E-state index contributed by atoms with van der Waals surface area (Å²) < 4.78 is 20.1. The van der Waals surface area contributed by atoms with Gasteiger partial charge in [0.1, 0.15) is 28.4 Å². The van der Waals surface area contributed by atoms with Crippen molar-refractivity contribution < 1.29 is 68.1 Å². The number of ether oxygens (including phenoxy) is 4. The van der Waals surface area contributed by atoms with Crippen LogP contribution in [-0.2, 0) is 47.7 Å². The van der Waals surface area contributed by atoms with Crippen LogP contribution in [-0.4, -0.2) is 97.9 Å². The summed E-state index contributed by atoms with van der Waals surface area (Å²) in [4.78, 5) is 65.2. The summed E-state index contributed by atoms with van der Waals surface area (Å²) >= 11 is 0. The molecule has 0 aromatic carbocycles. The Morgan fingerprint density at radius 3 is 0.940 bits per heavy atom. The summed E-state index contributed by atoms with van der Waals surface area (Å²) in [6.45, 7) is 26.4. The monoisotopic (exact) mass is 725 g/mol. The molecular weight excluding hydrogens is 658 g/mol. The van der Waals surface area contributed by atoms with Gasteiger partial charge >= 0.3 is 35.8 Å². The molecule has 4 unspecified atom stereocenters. The third kappa shape index (κ3) is 39.1. The maximum absolute atomic E-state index is 11.2. The highest BCUT2D eigenvalue weighted by Gasteiger charge is 2.25. The fraction of sp³-hybridized carbons (Fsp3) is 0.829. The molecule has 0 rings (SSSR count). The number of carboxylic acid groups (broad SMARTS) is 2. The minimum Gasteiger partial charge on any atom is -0.481 e. The smallest absolute Gasteiger partial charge is 0.324 e. The quantitative estimate of drug-likeness (QED) is 0.139. The predicted molar refractivity (Wildman–Crippen MR) is 187 cm³/mol. The van der Waals surface area contributed by atoms with Gasteiger partial charge in [-0.25, -0.2) is 0 Å². The van der Waals surface area contributed by atoms with E-state index in [1.807, 2.05) is 41.5 Å². The van der Waals surface area contributed by atoms with Crippen molar-refractivity contribution in [1.82, 2.24) is 0 Å². The van der Waals surface area contributed by atoms with Crippen LogP contribution in [0.15, 0.2) is 0 Å². The summed E-state index contributed by atoms with van der Waals surface area (Å²) in [5, 5.41) is 33.9. The third-order valence-corrected chi connectivity index (χ3v) is 5.14. The molecule has 0 fully saturated rings. The zero-order valence-corrected chi connectivity index (χ0v) is 33.0. The number of aliphatic hydroxyl groups excluding tert-OH is 2. The van der Waals surface area contributed by atoms with Crippen LogP contribution in [0.3, 0.4) is 0 Å². The number of carbonyl (C=O) groups excluding carboxylic acids is 4. The maximum atomic E-state index is 11.2. The number of carbonyl (C=O) groups is 6. The van der Waals surface area contributed by atoms with Crippen LogP contribution >= 0.6 is 0 Å². The Kier molecular flexibility index (Phi) is 26.5. The van der Waals surface area contributed by atoms with Gasteiger partial charge in [-0.3, -0.25) is 28.8 Å². The Bertz CT molecular complexity index is 948. The molecule has 0 aromatic heterocycles. The van der Waals surface area contributed by atoms with Gasteiger partial charge in [-0.1, -0.05) is 20.8 Å². The van der Waals surface area contributed by atoms with Gasteiger partial charge in [-0.2, -0.15) is 0 Å². The van der Waals surface area contributed by atoms with Crippen LogP contribution in [0.1, 0.15) is 130 Å². The summed E-state index contributed by atoms with van der Waals surface area (Å²) in [5.74, 6) is -4.74. The van der Waals surface area contributed by atoms with E-state index in [1.165, 1.54) is 0 Å². The second-order valence-corrected chi connectivity index (χ2v) is 15.7. The van der Waals surface area contributed by atoms with Crippen LogP contribution in [0.4, 0.5) is 0 Å². The number of rotatable bonds is 12. The van der Waals surface area contributed by atoms with Crippen LogP contribution < -0.4 is 5.73 Å². The molecule has 4 atom stereocenters. The van der Waals surface area contributed by atoms with Gasteiger partial charge in [0.05, 0.1) is 30.6 Å². The largest absolute Gasteiger partial charge is 0.481 e. The molecule has 0 heterocycles. The summed E-state index contributed by atoms with van der Waals surface area (Å²) in [7, 11) is 0. The van der Waals surface area contributed by atoms with E-state index in [0.717, 1.165) is 0 Å². The van der Waals surface area contributed by atoms with E-state index in [0.29, 0.717) is 12.8 Å². The lowest BCUT2D eigenvalue weighted by Crippen LogP contribution is -2.38. The highest BCUT2D eigenvalue weighted by molar-refractivity contribution is 5.82. The molecule has 50 heavy (non-hydrogen) atoms. The number of aliphatic hydroxyl groups is 2. The average molecular weight is 726 g/mol. The molecule has 0 spiro atoms. The van der Waals surface area contributed by atoms with E-state index in [2.05, 4.69) is 0 Å². The Hall–Kier alpha value is -3.30. The Labute approximate surface area is 298 Å². The molecule has 0 aromatic rings. The molecule has 15 heteroatoms. The van der Waals surface area contributed by atoms with Gasteiger partial charge < -0.3 is 45.1 Å². The van der Waals surface area contributed by atoms with Crippen LogP contribution in [0.2, 0.25) is 0 Å². The molecule has 0 saturated heterocycles. The number of hydrogen-bond donors (Lipinski definition) is 5. The number of aliphatic carboxylic acids is 2. The normalized spacial score (nSPS) is 13.8. The topological polar surface area (TPSA) is 246 Å². The predicted octanol–water partition coefficient (Wildman–Crippen LogP) is 4.26.